The quantitative estimate of drug-likeness (QED) is 0.686. The molecule has 0 amide bonds. The minimum Gasteiger partial charge on any atom is -0.370 e. The number of hydrogen-bond donors (Lipinski definition) is 1. The predicted octanol–water partition coefficient (Wildman–Crippen LogP) is 2.22. The average molecular weight is 293 g/mol. The third kappa shape index (κ3) is 2.77. The first-order valence-corrected chi connectivity index (χ1v) is 8.24. The van der Waals surface area contributed by atoms with Crippen LogP contribution in [-0.2, 0) is 5.41 Å². The second-order valence-corrected chi connectivity index (χ2v) is 6.76. The van der Waals surface area contributed by atoms with Crippen molar-refractivity contribution in [2.75, 3.05) is 31.1 Å². The van der Waals surface area contributed by atoms with E-state index in [1.165, 1.54) is 6.07 Å². The van der Waals surface area contributed by atoms with Gasteiger partial charge in [0.1, 0.15) is 5.82 Å². The van der Waals surface area contributed by atoms with Gasteiger partial charge in [0.15, 0.2) is 5.96 Å². The molecule has 0 bridgehead atoms. The van der Waals surface area contributed by atoms with E-state index in [2.05, 4.69) is 9.89 Å². The highest BCUT2D eigenvalue weighted by atomic mass is 32.2. The number of halogens is 1. The van der Waals surface area contributed by atoms with Crippen LogP contribution in [0.2, 0.25) is 0 Å². The van der Waals surface area contributed by atoms with Crippen LogP contribution in [0, 0.1) is 5.82 Å². The summed E-state index contributed by atoms with van der Waals surface area (Å²) < 4.78 is 13.9. The molecule has 0 aromatic heterocycles. The Kier molecular flexibility index (Phi) is 3.87. The summed E-state index contributed by atoms with van der Waals surface area (Å²) in [6, 6.07) is 7.04. The van der Waals surface area contributed by atoms with Crippen molar-refractivity contribution >= 4 is 17.7 Å². The molecule has 1 aromatic rings. The van der Waals surface area contributed by atoms with E-state index in [9.17, 15) is 4.39 Å². The monoisotopic (exact) mass is 293 g/mol. The summed E-state index contributed by atoms with van der Waals surface area (Å²) >= 11 is 1.95. The zero-order chi connectivity index (χ0) is 14.0. The second kappa shape index (κ2) is 5.64. The Morgan fingerprint density at radius 3 is 2.65 bits per heavy atom. The van der Waals surface area contributed by atoms with Gasteiger partial charge >= 0.3 is 0 Å². The minimum absolute atomic E-state index is 0.111. The zero-order valence-corrected chi connectivity index (χ0v) is 12.3. The maximum atomic E-state index is 13.9. The fourth-order valence-electron chi connectivity index (χ4n) is 2.68. The highest BCUT2D eigenvalue weighted by Gasteiger charge is 2.45. The molecule has 2 N–H and O–H groups in total. The summed E-state index contributed by atoms with van der Waals surface area (Å²) in [6.45, 7) is 2.53. The highest BCUT2D eigenvalue weighted by molar-refractivity contribution is 7.99. The Balaban J connectivity index is 1.69. The van der Waals surface area contributed by atoms with Crippen molar-refractivity contribution in [3.8, 4) is 0 Å². The van der Waals surface area contributed by atoms with Gasteiger partial charge in [-0.1, -0.05) is 18.2 Å². The smallest absolute Gasteiger partial charge is 0.191 e. The standard InChI is InChI=1S/C15H20FN3S/c16-13-4-2-1-3-12(13)15(5-6-15)11-18-14(17)19-7-9-20-10-8-19/h1-4H,5-11H2,(H2,17,18). The van der Waals surface area contributed by atoms with Gasteiger partial charge in [-0.25, -0.2) is 4.39 Å². The molecule has 1 saturated heterocycles. The molecule has 0 atom stereocenters. The Bertz CT molecular complexity index is 508. The fraction of sp³-hybridized carbons (Fsp3) is 0.533. The molecule has 1 heterocycles. The summed E-state index contributed by atoms with van der Waals surface area (Å²) in [5.41, 5.74) is 6.76. The molecule has 2 fully saturated rings. The van der Waals surface area contributed by atoms with Gasteiger partial charge in [0, 0.05) is 30.0 Å². The largest absolute Gasteiger partial charge is 0.370 e. The minimum atomic E-state index is -0.117. The van der Waals surface area contributed by atoms with Crippen molar-refractivity contribution in [1.29, 1.82) is 0 Å². The van der Waals surface area contributed by atoms with E-state index in [1.807, 2.05) is 23.9 Å². The first-order chi connectivity index (χ1) is 9.71. The molecule has 108 valence electrons. The van der Waals surface area contributed by atoms with Crippen LogP contribution in [0.4, 0.5) is 4.39 Å². The van der Waals surface area contributed by atoms with Crippen molar-refractivity contribution in [1.82, 2.24) is 4.90 Å². The average Bonchev–Trinajstić information content (AvgIpc) is 3.27. The van der Waals surface area contributed by atoms with Crippen molar-refractivity contribution in [2.45, 2.75) is 18.3 Å². The topological polar surface area (TPSA) is 41.6 Å². The van der Waals surface area contributed by atoms with Gasteiger partial charge in [-0.3, -0.25) is 4.99 Å². The first-order valence-electron chi connectivity index (χ1n) is 7.09. The number of nitrogens with zero attached hydrogens (tertiary/aromatic N) is 2. The first kappa shape index (κ1) is 13.7. The maximum Gasteiger partial charge on any atom is 0.191 e. The molecule has 0 unspecified atom stereocenters. The van der Waals surface area contributed by atoms with Gasteiger partial charge in [0.05, 0.1) is 6.54 Å². The fourth-order valence-corrected chi connectivity index (χ4v) is 3.58. The highest BCUT2D eigenvalue weighted by Crippen LogP contribution is 2.49. The lowest BCUT2D eigenvalue weighted by atomic mass is 9.95. The van der Waals surface area contributed by atoms with Crippen molar-refractivity contribution < 1.29 is 4.39 Å². The van der Waals surface area contributed by atoms with Crippen LogP contribution in [0.5, 0.6) is 0 Å². The van der Waals surface area contributed by atoms with E-state index in [1.54, 1.807) is 6.07 Å². The summed E-state index contributed by atoms with van der Waals surface area (Å²) in [4.78, 5) is 6.68. The van der Waals surface area contributed by atoms with Gasteiger partial charge in [0.2, 0.25) is 0 Å². The molecule has 1 saturated carbocycles. The van der Waals surface area contributed by atoms with Crippen LogP contribution >= 0.6 is 11.8 Å². The molecule has 3 rings (SSSR count). The van der Waals surface area contributed by atoms with Gasteiger partial charge in [-0.2, -0.15) is 11.8 Å². The van der Waals surface area contributed by atoms with Gasteiger partial charge in [-0.15, -0.1) is 0 Å². The summed E-state index contributed by atoms with van der Waals surface area (Å²) in [6.07, 6.45) is 2.00. The third-order valence-electron chi connectivity index (χ3n) is 4.18. The lowest BCUT2D eigenvalue weighted by Gasteiger charge is -2.27. The Labute approximate surface area is 123 Å². The molecule has 0 radical (unpaired) electrons. The summed E-state index contributed by atoms with van der Waals surface area (Å²) in [5, 5.41) is 0. The molecule has 1 aliphatic carbocycles. The molecule has 1 aromatic carbocycles. The van der Waals surface area contributed by atoms with E-state index in [0.717, 1.165) is 43.0 Å². The number of benzene rings is 1. The molecule has 20 heavy (non-hydrogen) atoms. The summed E-state index contributed by atoms with van der Waals surface area (Å²) in [7, 11) is 0. The van der Waals surface area contributed by atoms with E-state index in [4.69, 9.17) is 5.73 Å². The maximum absolute atomic E-state index is 13.9. The Morgan fingerprint density at radius 2 is 2.00 bits per heavy atom. The SMILES string of the molecule is NC(=NCC1(c2ccccc2F)CC1)N1CCSCC1. The molecular formula is C15H20FN3S. The van der Waals surface area contributed by atoms with Crippen molar-refractivity contribution in [3.63, 3.8) is 0 Å². The van der Waals surface area contributed by atoms with Crippen molar-refractivity contribution in [3.05, 3.63) is 35.6 Å². The Hall–Kier alpha value is -1.23. The summed E-state index contributed by atoms with van der Waals surface area (Å²) in [5.74, 6) is 2.71. The van der Waals surface area contributed by atoms with E-state index < -0.39 is 0 Å². The lowest BCUT2D eigenvalue weighted by Crippen LogP contribution is -2.43. The zero-order valence-electron chi connectivity index (χ0n) is 11.5. The third-order valence-corrected chi connectivity index (χ3v) is 5.12. The number of nitrogens with two attached hydrogens (primary N) is 1. The van der Waals surface area contributed by atoms with Crippen LogP contribution in [-0.4, -0.2) is 42.0 Å². The molecular weight excluding hydrogens is 273 g/mol. The van der Waals surface area contributed by atoms with Gasteiger partial charge in [-0.05, 0) is 24.5 Å². The number of thioether (sulfide) groups is 1. The Morgan fingerprint density at radius 1 is 1.30 bits per heavy atom. The number of guanidine groups is 1. The number of rotatable bonds is 3. The van der Waals surface area contributed by atoms with Crippen LogP contribution in [0.25, 0.3) is 0 Å². The predicted molar refractivity (Wildman–Crippen MR) is 82.7 cm³/mol. The molecule has 0 spiro atoms. The van der Waals surface area contributed by atoms with E-state index in [0.29, 0.717) is 12.5 Å². The molecule has 2 aliphatic rings. The number of hydrogen-bond acceptors (Lipinski definition) is 2. The van der Waals surface area contributed by atoms with E-state index in [-0.39, 0.29) is 11.2 Å². The number of aliphatic imine (C=N–C) groups is 1. The molecule has 1 aliphatic heterocycles. The van der Waals surface area contributed by atoms with Crippen LogP contribution in [0.1, 0.15) is 18.4 Å². The second-order valence-electron chi connectivity index (χ2n) is 5.53. The van der Waals surface area contributed by atoms with Gasteiger partial charge in [0.25, 0.3) is 0 Å². The molecule has 3 nitrogen and oxygen atoms in total. The van der Waals surface area contributed by atoms with Crippen LogP contribution in [0.15, 0.2) is 29.3 Å². The van der Waals surface area contributed by atoms with E-state index >= 15 is 0 Å². The van der Waals surface area contributed by atoms with Gasteiger partial charge < -0.3 is 10.6 Å². The normalized spacial score (nSPS) is 21.9. The lowest BCUT2D eigenvalue weighted by molar-refractivity contribution is 0.453. The molecule has 5 heteroatoms. The van der Waals surface area contributed by atoms with Crippen LogP contribution < -0.4 is 5.73 Å². The van der Waals surface area contributed by atoms with Crippen LogP contribution in [0.3, 0.4) is 0 Å². The van der Waals surface area contributed by atoms with Crippen molar-refractivity contribution in [2.24, 2.45) is 10.7 Å².